The molecule has 1 saturated carbocycles. The summed E-state index contributed by atoms with van der Waals surface area (Å²) in [6.07, 6.45) is 3.94. The van der Waals surface area contributed by atoms with Crippen LogP contribution in [0.25, 0.3) is 0 Å². The molecule has 5 nitrogen and oxygen atoms in total. The van der Waals surface area contributed by atoms with Gasteiger partial charge in [-0.1, -0.05) is 0 Å². The topological polar surface area (TPSA) is 68.5 Å². The van der Waals surface area contributed by atoms with Crippen molar-refractivity contribution in [3.8, 4) is 5.75 Å². The van der Waals surface area contributed by atoms with Gasteiger partial charge in [0.2, 0.25) is 0 Å². The Kier molecular flexibility index (Phi) is 3.28. The lowest BCUT2D eigenvalue weighted by atomic mass is 10.2. The minimum atomic E-state index is -0.149. The lowest BCUT2D eigenvalue weighted by Gasteiger charge is -2.14. The molecule has 2 rings (SSSR count). The van der Waals surface area contributed by atoms with Crippen LogP contribution < -0.4 is 10.5 Å². The predicted octanol–water partition coefficient (Wildman–Crippen LogP) is 0.783. The maximum atomic E-state index is 11.9. The van der Waals surface area contributed by atoms with Crippen molar-refractivity contribution in [2.75, 3.05) is 14.1 Å². The van der Waals surface area contributed by atoms with Crippen LogP contribution in [-0.2, 0) is 6.54 Å². The molecule has 2 N–H and O–H groups in total. The summed E-state index contributed by atoms with van der Waals surface area (Å²) in [5, 5.41) is 0. The van der Waals surface area contributed by atoms with E-state index in [0.717, 1.165) is 18.4 Å². The van der Waals surface area contributed by atoms with E-state index in [4.69, 9.17) is 10.5 Å². The van der Waals surface area contributed by atoms with Crippen molar-refractivity contribution in [1.29, 1.82) is 0 Å². The first-order valence-electron chi connectivity index (χ1n) is 5.69. The summed E-state index contributed by atoms with van der Waals surface area (Å²) in [5.74, 6) is 0.401. The highest BCUT2D eigenvalue weighted by atomic mass is 16.5. The van der Waals surface area contributed by atoms with Gasteiger partial charge in [-0.3, -0.25) is 4.79 Å². The molecular formula is C12H17N3O2. The largest absolute Gasteiger partial charge is 0.488 e. The van der Waals surface area contributed by atoms with Gasteiger partial charge >= 0.3 is 0 Å². The fourth-order valence-electron chi connectivity index (χ4n) is 1.42. The van der Waals surface area contributed by atoms with Gasteiger partial charge in [0.1, 0.15) is 0 Å². The molecule has 0 saturated heterocycles. The van der Waals surface area contributed by atoms with Gasteiger partial charge in [-0.2, -0.15) is 0 Å². The molecule has 1 fully saturated rings. The zero-order valence-corrected chi connectivity index (χ0v) is 10.1. The number of nitrogens with two attached hydrogens (primary N) is 1. The summed E-state index contributed by atoms with van der Waals surface area (Å²) in [6, 6.07) is 1.81. The molecule has 5 heteroatoms. The Labute approximate surface area is 101 Å². The first-order chi connectivity index (χ1) is 8.11. The predicted molar refractivity (Wildman–Crippen MR) is 63.8 cm³/mol. The number of carbonyl (C=O) groups is 1. The van der Waals surface area contributed by atoms with E-state index in [9.17, 15) is 4.79 Å². The van der Waals surface area contributed by atoms with Crippen molar-refractivity contribution < 1.29 is 9.53 Å². The number of aromatic nitrogens is 1. The molecule has 1 aliphatic carbocycles. The third-order valence-electron chi connectivity index (χ3n) is 2.57. The minimum Gasteiger partial charge on any atom is -0.488 e. The van der Waals surface area contributed by atoms with E-state index in [1.807, 2.05) is 6.07 Å². The summed E-state index contributed by atoms with van der Waals surface area (Å²) >= 11 is 0. The number of rotatable bonds is 4. The summed E-state index contributed by atoms with van der Waals surface area (Å²) in [5.41, 5.74) is 6.79. The van der Waals surface area contributed by atoms with Crippen molar-refractivity contribution in [1.82, 2.24) is 9.88 Å². The second kappa shape index (κ2) is 4.71. The molecule has 0 radical (unpaired) electrons. The van der Waals surface area contributed by atoms with Crippen LogP contribution >= 0.6 is 0 Å². The van der Waals surface area contributed by atoms with Gasteiger partial charge in [0.05, 0.1) is 6.10 Å². The van der Waals surface area contributed by atoms with Crippen molar-refractivity contribution in [3.63, 3.8) is 0 Å². The van der Waals surface area contributed by atoms with Crippen LogP contribution in [0.5, 0.6) is 5.75 Å². The van der Waals surface area contributed by atoms with Crippen LogP contribution in [0.1, 0.15) is 28.9 Å². The Balaban J connectivity index is 2.31. The number of carbonyl (C=O) groups excluding carboxylic acids is 1. The highest BCUT2D eigenvalue weighted by Crippen LogP contribution is 2.29. The van der Waals surface area contributed by atoms with Gasteiger partial charge in [-0.05, 0) is 24.5 Å². The van der Waals surface area contributed by atoms with Gasteiger partial charge < -0.3 is 15.4 Å². The molecule has 1 aromatic heterocycles. The molecule has 0 aromatic carbocycles. The summed E-state index contributed by atoms with van der Waals surface area (Å²) < 4.78 is 5.70. The number of hydrogen-bond acceptors (Lipinski definition) is 4. The Morgan fingerprint density at radius 2 is 2.29 bits per heavy atom. The van der Waals surface area contributed by atoms with E-state index in [2.05, 4.69) is 4.98 Å². The second-order valence-corrected chi connectivity index (χ2v) is 4.41. The first kappa shape index (κ1) is 11.9. The molecule has 92 valence electrons. The third-order valence-corrected chi connectivity index (χ3v) is 2.57. The molecule has 1 aliphatic rings. The van der Waals surface area contributed by atoms with Crippen LogP contribution in [-0.4, -0.2) is 36.0 Å². The molecule has 0 aliphatic heterocycles. The third kappa shape index (κ3) is 2.74. The van der Waals surface area contributed by atoms with E-state index in [1.165, 1.54) is 4.90 Å². The van der Waals surface area contributed by atoms with E-state index in [1.54, 1.807) is 20.3 Å². The lowest BCUT2D eigenvalue weighted by molar-refractivity contribution is 0.0816. The monoisotopic (exact) mass is 235 g/mol. The Morgan fingerprint density at radius 1 is 1.59 bits per heavy atom. The maximum absolute atomic E-state index is 11.9. The van der Waals surface area contributed by atoms with Crippen LogP contribution in [0.2, 0.25) is 0 Å². The zero-order chi connectivity index (χ0) is 12.4. The van der Waals surface area contributed by atoms with Gasteiger partial charge in [0.15, 0.2) is 11.4 Å². The van der Waals surface area contributed by atoms with E-state index >= 15 is 0 Å². The Morgan fingerprint density at radius 3 is 2.82 bits per heavy atom. The van der Waals surface area contributed by atoms with E-state index in [-0.39, 0.29) is 12.0 Å². The fraction of sp³-hybridized carbons (Fsp3) is 0.500. The van der Waals surface area contributed by atoms with Crippen molar-refractivity contribution in [2.45, 2.75) is 25.5 Å². The number of ether oxygens (including phenoxy) is 1. The molecule has 1 aromatic rings. The Hall–Kier alpha value is -1.62. The highest BCUT2D eigenvalue weighted by Gasteiger charge is 2.27. The highest BCUT2D eigenvalue weighted by molar-refractivity contribution is 5.94. The number of hydrogen-bond donors (Lipinski definition) is 1. The van der Waals surface area contributed by atoms with Gasteiger partial charge in [0.25, 0.3) is 5.91 Å². The fourth-order valence-corrected chi connectivity index (χ4v) is 1.42. The van der Waals surface area contributed by atoms with Crippen LogP contribution in [0.4, 0.5) is 0 Å². The van der Waals surface area contributed by atoms with E-state index < -0.39 is 0 Å². The summed E-state index contributed by atoms with van der Waals surface area (Å²) in [4.78, 5) is 17.6. The standard InChI is InChI=1S/C12H17N3O2/c1-15(2)12(16)11-10(17-9-3-4-9)5-8(6-13)7-14-11/h5,7,9H,3-4,6,13H2,1-2H3. The molecule has 0 bridgehead atoms. The second-order valence-electron chi connectivity index (χ2n) is 4.41. The normalized spacial score (nSPS) is 14.5. The van der Waals surface area contributed by atoms with Crippen LogP contribution in [0.3, 0.4) is 0 Å². The van der Waals surface area contributed by atoms with Crippen molar-refractivity contribution >= 4 is 5.91 Å². The van der Waals surface area contributed by atoms with Crippen LogP contribution in [0.15, 0.2) is 12.3 Å². The molecule has 1 amide bonds. The minimum absolute atomic E-state index is 0.149. The number of amides is 1. The average molecular weight is 235 g/mol. The smallest absolute Gasteiger partial charge is 0.275 e. The summed E-state index contributed by atoms with van der Waals surface area (Å²) in [7, 11) is 3.39. The van der Waals surface area contributed by atoms with E-state index in [0.29, 0.717) is 18.0 Å². The molecule has 1 heterocycles. The number of pyridine rings is 1. The molecule has 17 heavy (non-hydrogen) atoms. The molecular weight excluding hydrogens is 218 g/mol. The van der Waals surface area contributed by atoms with Gasteiger partial charge in [-0.15, -0.1) is 0 Å². The zero-order valence-electron chi connectivity index (χ0n) is 10.1. The lowest BCUT2D eigenvalue weighted by Crippen LogP contribution is -2.24. The summed E-state index contributed by atoms with van der Waals surface area (Å²) in [6.45, 7) is 0.393. The number of nitrogens with zero attached hydrogens (tertiary/aromatic N) is 2. The van der Waals surface area contributed by atoms with Crippen molar-refractivity contribution in [3.05, 3.63) is 23.5 Å². The van der Waals surface area contributed by atoms with Crippen LogP contribution in [0, 0.1) is 0 Å². The van der Waals surface area contributed by atoms with Gasteiger partial charge in [-0.25, -0.2) is 4.98 Å². The SMILES string of the molecule is CN(C)C(=O)c1ncc(CN)cc1OC1CC1. The maximum Gasteiger partial charge on any atom is 0.275 e. The quantitative estimate of drug-likeness (QED) is 0.837. The average Bonchev–Trinajstić information content (AvgIpc) is 3.11. The van der Waals surface area contributed by atoms with Crippen molar-refractivity contribution in [2.24, 2.45) is 5.73 Å². The molecule has 0 unspecified atom stereocenters. The first-order valence-corrected chi connectivity index (χ1v) is 5.69. The van der Waals surface area contributed by atoms with Gasteiger partial charge in [0, 0.05) is 26.8 Å². The molecule has 0 spiro atoms. The molecule has 0 atom stereocenters. The Bertz CT molecular complexity index is 428.